The minimum atomic E-state index is -3.72. The number of sulfone groups is 1. The van der Waals surface area contributed by atoms with E-state index < -0.39 is 25.5 Å². The fourth-order valence-electron chi connectivity index (χ4n) is 2.05. The number of halogens is 1. The molecule has 1 aromatic carbocycles. The van der Waals surface area contributed by atoms with Gasteiger partial charge >= 0.3 is 4.87 Å². The van der Waals surface area contributed by atoms with Crippen molar-refractivity contribution in [1.82, 2.24) is 0 Å². The van der Waals surface area contributed by atoms with Crippen molar-refractivity contribution in [2.24, 2.45) is 5.92 Å². The molecule has 19 heavy (non-hydrogen) atoms. The van der Waals surface area contributed by atoms with Gasteiger partial charge in [-0.3, -0.25) is 10.1 Å². The zero-order valence-corrected chi connectivity index (χ0v) is 11.7. The van der Waals surface area contributed by atoms with E-state index in [1.807, 2.05) is 0 Å². The standard InChI is InChI=1S/C12H12ClNO4S/c1-19(17,18)12(14(15)16)8-10(12)5-2-9-3-6-11(13)7-4-9/h2-7,10H,8H2,1H3/b5-2+/t10-,12+/m0/s1. The Bertz CT molecular complexity index is 638. The Kier molecular flexibility index (Phi) is 3.40. The van der Waals surface area contributed by atoms with Crippen LogP contribution in [0.25, 0.3) is 6.08 Å². The Labute approximate surface area is 116 Å². The van der Waals surface area contributed by atoms with Gasteiger partial charge in [-0.2, -0.15) is 0 Å². The normalized spacial score (nSPS) is 26.5. The van der Waals surface area contributed by atoms with E-state index in [1.165, 1.54) is 0 Å². The molecule has 1 aliphatic carbocycles. The molecule has 0 aromatic heterocycles. The maximum absolute atomic E-state index is 11.5. The molecule has 1 saturated carbocycles. The second-order valence-electron chi connectivity index (χ2n) is 4.60. The summed E-state index contributed by atoms with van der Waals surface area (Å²) in [6.45, 7) is 0. The van der Waals surface area contributed by atoms with E-state index in [1.54, 1.807) is 36.4 Å². The fraction of sp³-hybridized carbons (Fsp3) is 0.333. The first-order chi connectivity index (χ1) is 8.77. The highest BCUT2D eigenvalue weighted by Crippen LogP contribution is 2.51. The van der Waals surface area contributed by atoms with E-state index in [2.05, 4.69) is 0 Å². The molecule has 0 spiro atoms. The summed E-state index contributed by atoms with van der Waals surface area (Å²) in [5.41, 5.74) is 0.821. The molecule has 5 nitrogen and oxygen atoms in total. The van der Waals surface area contributed by atoms with Crippen LogP contribution in [0.15, 0.2) is 30.3 Å². The Balaban J connectivity index is 2.19. The van der Waals surface area contributed by atoms with Crippen molar-refractivity contribution in [3.63, 3.8) is 0 Å². The van der Waals surface area contributed by atoms with Crippen LogP contribution in [0.3, 0.4) is 0 Å². The van der Waals surface area contributed by atoms with Gasteiger partial charge in [-0.25, -0.2) is 8.42 Å². The Hall–Kier alpha value is -1.40. The molecular formula is C12H12ClNO4S. The van der Waals surface area contributed by atoms with Gasteiger partial charge in [0.2, 0.25) is 9.84 Å². The average Bonchev–Trinajstić information content (AvgIpc) is 3.03. The summed E-state index contributed by atoms with van der Waals surface area (Å²) in [5, 5.41) is 11.6. The molecule has 2 rings (SSSR count). The van der Waals surface area contributed by atoms with E-state index in [-0.39, 0.29) is 6.42 Å². The minimum Gasteiger partial charge on any atom is -0.263 e. The average molecular weight is 302 g/mol. The molecule has 1 aliphatic rings. The molecule has 0 bridgehead atoms. The van der Waals surface area contributed by atoms with Crippen LogP contribution >= 0.6 is 11.6 Å². The molecule has 7 heteroatoms. The van der Waals surface area contributed by atoms with Crippen molar-refractivity contribution in [1.29, 1.82) is 0 Å². The fourth-order valence-corrected chi connectivity index (χ4v) is 3.55. The lowest BCUT2D eigenvalue weighted by Crippen LogP contribution is -2.33. The van der Waals surface area contributed by atoms with Crippen molar-refractivity contribution < 1.29 is 13.3 Å². The summed E-state index contributed by atoms with van der Waals surface area (Å²) in [5.74, 6) is -0.576. The smallest absolute Gasteiger partial charge is 0.263 e. The highest BCUT2D eigenvalue weighted by Gasteiger charge is 2.72. The largest absolute Gasteiger partial charge is 0.326 e. The van der Waals surface area contributed by atoms with Crippen molar-refractivity contribution in [3.8, 4) is 0 Å². The molecule has 0 unspecified atom stereocenters. The van der Waals surface area contributed by atoms with Crippen LogP contribution < -0.4 is 0 Å². The summed E-state index contributed by atoms with van der Waals surface area (Å²) in [6, 6.07) is 6.92. The van der Waals surface area contributed by atoms with Crippen LogP contribution in [0, 0.1) is 16.0 Å². The summed E-state index contributed by atoms with van der Waals surface area (Å²) < 4.78 is 23.1. The topological polar surface area (TPSA) is 77.3 Å². The third-order valence-electron chi connectivity index (χ3n) is 3.27. The Morgan fingerprint density at radius 2 is 2.00 bits per heavy atom. The zero-order valence-electron chi connectivity index (χ0n) is 10.1. The van der Waals surface area contributed by atoms with Crippen molar-refractivity contribution >= 4 is 27.5 Å². The van der Waals surface area contributed by atoms with Crippen LogP contribution in [0.5, 0.6) is 0 Å². The van der Waals surface area contributed by atoms with E-state index in [9.17, 15) is 18.5 Å². The zero-order chi connectivity index (χ0) is 14.3. The maximum atomic E-state index is 11.5. The molecule has 1 fully saturated rings. The van der Waals surface area contributed by atoms with Gasteiger partial charge in [0.25, 0.3) is 0 Å². The van der Waals surface area contributed by atoms with Gasteiger partial charge in [-0.05, 0) is 17.7 Å². The molecule has 1 aromatic rings. The van der Waals surface area contributed by atoms with Crippen LogP contribution in [-0.4, -0.2) is 24.5 Å². The minimum absolute atomic E-state index is 0.0307. The molecule has 0 heterocycles. The highest BCUT2D eigenvalue weighted by atomic mass is 35.5. The molecule has 0 amide bonds. The van der Waals surface area contributed by atoms with E-state index in [4.69, 9.17) is 11.6 Å². The molecule has 0 saturated heterocycles. The van der Waals surface area contributed by atoms with Crippen LogP contribution in [0.2, 0.25) is 5.02 Å². The first-order valence-electron chi connectivity index (χ1n) is 5.55. The Morgan fingerprint density at radius 1 is 1.42 bits per heavy atom. The lowest BCUT2D eigenvalue weighted by Gasteiger charge is -2.04. The van der Waals surface area contributed by atoms with E-state index >= 15 is 0 Å². The van der Waals surface area contributed by atoms with Crippen LogP contribution in [0.4, 0.5) is 0 Å². The predicted molar refractivity (Wildman–Crippen MR) is 73.2 cm³/mol. The number of nitrogens with zero attached hydrogens (tertiary/aromatic N) is 1. The van der Waals surface area contributed by atoms with Crippen molar-refractivity contribution in [2.45, 2.75) is 11.3 Å². The third kappa shape index (κ3) is 2.50. The lowest BCUT2D eigenvalue weighted by molar-refractivity contribution is -0.514. The molecule has 0 N–H and O–H groups in total. The van der Waals surface area contributed by atoms with Gasteiger partial charge < -0.3 is 0 Å². The second-order valence-corrected chi connectivity index (χ2v) is 7.28. The van der Waals surface area contributed by atoms with Crippen molar-refractivity contribution in [2.75, 3.05) is 6.26 Å². The first-order valence-corrected chi connectivity index (χ1v) is 7.82. The number of hydrogen-bond acceptors (Lipinski definition) is 4. The number of rotatable bonds is 4. The molecule has 102 valence electrons. The molecule has 0 radical (unpaired) electrons. The summed E-state index contributed by atoms with van der Waals surface area (Å²) >= 11 is 5.74. The summed E-state index contributed by atoms with van der Waals surface area (Å²) in [7, 11) is -3.72. The van der Waals surface area contributed by atoms with Crippen LogP contribution in [0.1, 0.15) is 12.0 Å². The van der Waals surface area contributed by atoms with Gasteiger partial charge in [-0.15, -0.1) is 0 Å². The maximum Gasteiger partial charge on any atom is 0.326 e. The van der Waals surface area contributed by atoms with E-state index in [0.29, 0.717) is 5.02 Å². The number of hydrogen-bond donors (Lipinski definition) is 0. The second kappa shape index (κ2) is 4.61. The first kappa shape index (κ1) is 14.0. The summed E-state index contributed by atoms with van der Waals surface area (Å²) in [4.78, 5) is 8.44. The molecule has 0 aliphatic heterocycles. The quantitative estimate of drug-likeness (QED) is 0.632. The van der Waals surface area contributed by atoms with Gasteiger partial charge in [0.15, 0.2) is 0 Å². The molecular weight excluding hydrogens is 290 g/mol. The molecule has 2 atom stereocenters. The van der Waals surface area contributed by atoms with Gasteiger partial charge in [-0.1, -0.05) is 35.9 Å². The Morgan fingerprint density at radius 3 is 2.42 bits per heavy atom. The third-order valence-corrected chi connectivity index (χ3v) is 5.43. The number of benzene rings is 1. The lowest BCUT2D eigenvalue weighted by atomic mass is 10.2. The van der Waals surface area contributed by atoms with Gasteiger partial charge in [0, 0.05) is 22.6 Å². The van der Waals surface area contributed by atoms with E-state index in [0.717, 1.165) is 11.8 Å². The van der Waals surface area contributed by atoms with Crippen molar-refractivity contribution in [3.05, 3.63) is 51.0 Å². The predicted octanol–water partition coefficient (Wildman–Crippen LogP) is 2.39. The highest BCUT2D eigenvalue weighted by molar-refractivity contribution is 7.92. The summed E-state index contributed by atoms with van der Waals surface area (Å²) in [6.07, 6.45) is 4.19. The van der Waals surface area contributed by atoms with Crippen LogP contribution in [-0.2, 0) is 9.84 Å². The monoisotopic (exact) mass is 301 g/mol. The van der Waals surface area contributed by atoms with Gasteiger partial charge in [0.1, 0.15) is 0 Å². The van der Waals surface area contributed by atoms with Gasteiger partial charge in [0.05, 0.1) is 5.92 Å². The number of nitro groups is 1. The SMILES string of the molecule is CS(=O)(=O)[C@]1([N+](=O)[O-])C[C@@H]1/C=C/c1ccc(Cl)cc1.